The second kappa shape index (κ2) is 8.81. The summed E-state index contributed by atoms with van der Waals surface area (Å²) in [4.78, 5) is 3.98. The molecular weight excluding hydrogens is 404 g/mol. The van der Waals surface area contributed by atoms with Crippen LogP contribution in [0.2, 0.25) is 0 Å². The molecule has 1 atom stereocenters. The van der Waals surface area contributed by atoms with Gasteiger partial charge in [0.2, 0.25) is 0 Å². The highest BCUT2D eigenvalue weighted by atomic mass is 19.1. The first-order chi connectivity index (χ1) is 15.6. The van der Waals surface area contributed by atoms with Crippen molar-refractivity contribution < 1.29 is 8.78 Å². The molecule has 0 bridgehead atoms. The van der Waals surface area contributed by atoms with Crippen LogP contribution in [0, 0.1) is 11.6 Å². The summed E-state index contributed by atoms with van der Waals surface area (Å²) in [7, 11) is 0. The summed E-state index contributed by atoms with van der Waals surface area (Å²) in [5, 5.41) is 0. The first-order valence-electron chi connectivity index (χ1n) is 11.5. The van der Waals surface area contributed by atoms with Gasteiger partial charge in [0.1, 0.15) is 5.69 Å². The Balaban J connectivity index is 1.34. The smallest absolute Gasteiger partial charge is 0.151 e. The number of piperidine rings is 1. The maximum atomic E-state index is 15.2. The molecule has 2 heterocycles. The van der Waals surface area contributed by atoms with Crippen LogP contribution >= 0.6 is 0 Å². The van der Waals surface area contributed by atoms with Crippen molar-refractivity contribution in [1.82, 2.24) is 0 Å². The molecule has 2 aliphatic rings. The fourth-order valence-electron chi connectivity index (χ4n) is 5.32. The zero-order valence-corrected chi connectivity index (χ0v) is 18.2. The Morgan fingerprint density at radius 2 is 1.41 bits per heavy atom. The van der Waals surface area contributed by atoms with Crippen LogP contribution in [0.1, 0.15) is 48.8 Å². The van der Waals surface area contributed by atoms with Gasteiger partial charge >= 0.3 is 0 Å². The molecule has 1 unspecified atom stereocenters. The zero-order valence-electron chi connectivity index (χ0n) is 18.2. The van der Waals surface area contributed by atoms with Gasteiger partial charge in [-0.1, -0.05) is 42.5 Å². The molecule has 3 aromatic carbocycles. The SMILES string of the molecule is Nc1ccc(C2CCCN2c2cc(F)c(N3CCC(c4ccccc4)CC3)c(F)c2)cc1. The lowest BCUT2D eigenvalue weighted by Crippen LogP contribution is -2.34. The van der Waals surface area contributed by atoms with Crippen LogP contribution in [-0.4, -0.2) is 19.6 Å². The minimum atomic E-state index is -0.471. The summed E-state index contributed by atoms with van der Waals surface area (Å²) in [5.74, 6) is -0.495. The molecule has 0 spiro atoms. The molecule has 3 aromatic rings. The monoisotopic (exact) mass is 433 g/mol. The summed E-state index contributed by atoms with van der Waals surface area (Å²) in [6.45, 7) is 2.10. The van der Waals surface area contributed by atoms with E-state index in [2.05, 4.69) is 29.2 Å². The highest BCUT2D eigenvalue weighted by Gasteiger charge is 2.30. The average Bonchev–Trinajstić information content (AvgIpc) is 3.30. The summed E-state index contributed by atoms with van der Waals surface area (Å²) in [6, 6.07) is 21.3. The van der Waals surface area contributed by atoms with Gasteiger partial charge in [-0.2, -0.15) is 0 Å². The molecule has 0 saturated carbocycles. The maximum absolute atomic E-state index is 15.2. The molecule has 0 amide bonds. The summed E-state index contributed by atoms with van der Waals surface area (Å²) >= 11 is 0. The fraction of sp³-hybridized carbons (Fsp3) is 0.333. The normalized spacial score (nSPS) is 19.5. The number of nitrogens with zero attached hydrogens (tertiary/aromatic N) is 2. The van der Waals surface area contributed by atoms with Gasteiger partial charge in [-0.05, 0) is 67.0 Å². The van der Waals surface area contributed by atoms with E-state index in [0.29, 0.717) is 24.7 Å². The second-order valence-corrected chi connectivity index (χ2v) is 8.95. The average molecular weight is 434 g/mol. The minimum absolute atomic E-state index is 0.113. The molecule has 3 nitrogen and oxygen atoms in total. The fourth-order valence-corrected chi connectivity index (χ4v) is 5.32. The molecule has 2 aliphatic heterocycles. The molecule has 0 aromatic heterocycles. The first-order valence-corrected chi connectivity index (χ1v) is 11.5. The number of halogens is 2. The Labute approximate surface area is 188 Å². The quantitative estimate of drug-likeness (QED) is 0.492. The summed E-state index contributed by atoms with van der Waals surface area (Å²) in [5.41, 5.74) is 9.71. The van der Waals surface area contributed by atoms with Crippen molar-refractivity contribution in [3.8, 4) is 0 Å². The van der Waals surface area contributed by atoms with Crippen LogP contribution in [0.3, 0.4) is 0 Å². The molecule has 2 fully saturated rings. The second-order valence-electron chi connectivity index (χ2n) is 8.95. The van der Waals surface area contributed by atoms with Gasteiger partial charge in [-0.3, -0.25) is 0 Å². The van der Waals surface area contributed by atoms with Gasteiger partial charge < -0.3 is 15.5 Å². The lowest BCUT2D eigenvalue weighted by molar-refractivity contribution is 0.486. The van der Waals surface area contributed by atoms with Crippen LogP contribution < -0.4 is 15.5 Å². The molecule has 5 rings (SSSR count). The number of hydrogen-bond acceptors (Lipinski definition) is 3. The molecule has 166 valence electrons. The number of nitrogen functional groups attached to an aromatic ring is 1. The van der Waals surface area contributed by atoms with Crippen molar-refractivity contribution in [1.29, 1.82) is 0 Å². The predicted octanol–water partition coefficient (Wildman–Crippen LogP) is 6.27. The Morgan fingerprint density at radius 3 is 2.06 bits per heavy atom. The van der Waals surface area contributed by atoms with Crippen LogP contribution in [0.4, 0.5) is 25.8 Å². The largest absolute Gasteiger partial charge is 0.399 e. The number of benzene rings is 3. The van der Waals surface area contributed by atoms with Gasteiger partial charge in [-0.25, -0.2) is 8.78 Å². The van der Waals surface area contributed by atoms with Crippen LogP contribution in [0.5, 0.6) is 0 Å². The standard InChI is InChI=1S/C27H29F2N3/c28-24-17-23(32-14-4-7-26(32)21-8-10-22(30)11-9-21)18-25(29)27(24)31-15-12-20(13-16-31)19-5-2-1-3-6-19/h1-3,5-6,8-11,17-18,20,26H,4,7,12-16,30H2. The molecule has 2 N–H and O–H groups in total. The van der Waals surface area contributed by atoms with Crippen LogP contribution in [0.25, 0.3) is 0 Å². The lowest BCUT2D eigenvalue weighted by atomic mass is 9.89. The van der Waals surface area contributed by atoms with E-state index >= 15 is 8.78 Å². The number of rotatable bonds is 4. The Kier molecular flexibility index (Phi) is 5.73. The van der Waals surface area contributed by atoms with Gasteiger partial charge in [-0.15, -0.1) is 0 Å². The van der Waals surface area contributed by atoms with Crippen molar-refractivity contribution in [2.45, 2.75) is 37.6 Å². The molecular formula is C27H29F2N3. The Hall–Kier alpha value is -3.08. The van der Waals surface area contributed by atoms with Crippen molar-refractivity contribution in [2.24, 2.45) is 0 Å². The zero-order chi connectivity index (χ0) is 22.1. The van der Waals surface area contributed by atoms with E-state index in [1.54, 1.807) is 0 Å². The van der Waals surface area contributed by atoms with Gasteiger partial charge in [0.25, 0.3) is 0 Å². The van der Waals surface area contributed by atoms with E-state index in [4.69, 9.17) is 5.73 Å². The van der Waals surface area contributed by atoms with Crippen molar-refractivity contribution >= 4 is 17.1 Å². The molecule has 2 saturated heterocycles. The van der Waals surface area contributed by atoms with Crippen molar-refractivity contribution in [3.63, 3.8) is 0 Å². The third kappa shape index (κ3) is 4.04. The molecule has 0 radical (unpaired) electrons. The van der Waals surface area contributed by atoms with E-state index in [1.165, 1.54) is 17.7 Å². The van der Waals surface area contributed by atoms with E-state index in [9.17, 15) is 0 Å². The molecule has 0 aliphatic carbocycles. The maximum Gasteiger partial charge on any atom is 0.151 e. The van der Waals surface area contributed by atoms with E-state index in [-0.39, 0.29) is 11.7 Å². The minimum Gasteiger partial charge on any atom is -0.399 e. The first kappa shape index (κ1) is 20.8. The van der Waals surface area contributed by atoms with E-state index in [0.717, 1.165) is 43.5 Å². The van der Waals surface area contributed by atoms with Gasteiger partial charge in [0, 0.05) is 31.0 Å². The van der Waals surface area contributed by atoms with Gasteiger partial charge in [0.05, 0.1) is 6.04 Å². The number of hydrogen-bond donors (Lipinski definition) is 1. The molecule has 32 heavy (non-hydrogen) atoms. The van der Waals surface area contributed by atoms with Crippen molar-refractivity contribution in [3.05, 3.63) is 89.5 Å². The third-order valence-corrected chi connectivity index (χ3v) is 6.99. The number of anilines is 3. The topological polar surface area (TPSA) is 32.5 Å². The lowest BCUT2D eigenvalue weighted by Gasteiger charge is -2.35. The van der Waals surface area contributed by atoms with E-state index < -0.39 is 11.6 Å². The Bertz CT molecular complexity index is 1040. The van der Waals surface area contributed by atoms with Crippen LogP contribution in [0.15, 0.2) is 66.7 Å². The third-order valence-electron chi connectivity index (χ3n) is 6.99. The Morgan fingerprint density at radius 1 is 0.750 bits per heavy atom. The molecule has 5 heteroatoms. The summed E-state index contributed by atoms with van der Waals surface area (Å²) < 4.78 is 30.5. The highest BCUT2D eigenvalue weighted by molar-refractivity contribution is 5.60. The van der Waals surface area contributed by atoms with E-state index in [1.807, 2.05) is 35.2 Å². The predicted molar refractivity (Wildman–Crippen MR) is 127 cm³/mol. The number of nitrogens with two attached hydrogens (primary N) is 1. The van der Waals surface area contributed by atoms with Gasteiger partial charge in [0.15, 0.2) is 11.6 Å². The van der Waals surface area contributed by atoms with Crippen molar-refractivity contribution in [2.75, 3.05) is 35.2 Å². The van der Waals surface area contributed by atoms with Crippen LogP contribution in [-0.2, 0) is 0 Å². The highest BCUT2D eigenvalue weighted by Crippen LogP contribution is 2.40. The summed E-state index contributed by atoms with van der Waals surface area (Å²) in [6.07, 6.45) is 3.75.